The average molecular weight is 374 g/mol. The van der Waals surface area contributed by atoms with Crippen LogP contribution >= 0.6 is 23.1 Å². The van der Waals surface area contributed by atoms with Gasteiger partial charge in [-0.3, -0.25) is 9.36 Å². The Bertz CT molecular complexity index is 945. The molecule has 3 aromatic rings. The first-order valence-electron chi connectivity index (χ1n) is 8.36. The fraction of sp³-hybridized carbons (Fsp3) is 0.389. The van der Waals surface area contributed by atoms with Crippen molar-refractivity contribution in [2.24, 2.45) is 0 Å². The molecule has 3 heterocycles. The van der Waals surface area contributed by atoms with Crippen molar-refractivity contribution in [1.29, 1.82) is 0 Å². The Morgan fingerprint density at radius 3 is 3.00 bits per heavy atom. The molecule has 1 fully saturated rings. The Labute approximate surface area is 154 Å². The molecule has 0 radical (unpaired) electrons. The van der Waals surface area contributed by atoms with Crippen LogP contribution < -0.4 is 5.56 Å². The zero-order chi connectivity index (χ0) is 17.2. The lowest BCUT2D eigenvalue weighted by Gasteiger charge is -2.16. The van der Waals surface area contributed by atoms with Crippen LogP contribution in [-0.2, 0) is 17.0 Å². The molecule has 25 heavy (non-hydrogen) atoms. The molecule has 1 unspecified atom stereocenters. The molecular weight excluding hydrogens is 354 g/mol. The molecule has 5 nitrogen and oxygen atoms in total. The first kappa shape index (κ1) is 16.8. The number of benzene rings is 1. The summed E-state index contributed by atoms with van der Waals surface area (Å²) in [6.07, 6.45) is 2.15. The Morgan fingerprint density at radius 2 is 2.24 bits per heavy atom. The predicted molar refractivity (Wildman–Crippen MR) is 101 cm³/mol. The van der Waals surface area contributed by atoms with E-state index in [1.807, 2.05) is 31.2 Å². The van der Waals surface area contributed by atoms with Crippen LogP contribution in [0.15, 0.2) is 39.6 Å². The zero-order valence-electron chi connectivity index (χ0n) is 14.0. The number of hydrogen-bond donors (Lipinski definition) is 0. The van der Waals surface area contributed by atoms with Crippen molar-refractivity contribution in [3.63, 3.8) is 0 Å². The fourth-order valence-corrected chi connectivity index (χ4v) is 4.64. The topological polar surface area (TPSA) is 57.0 Å². The molecule has 0 N–H and O–H groups in total. The summed E-state index contributed by atoms with van der Waals surface area (Å²) in [4.78, 5) is 22.2. The Morgan fingerprint density at radius 1 is 1.36 bits per heavy atom. The van der Waals surface area contributed by atoms with Crippen molar-refractivity contribution in [2.45, 2.75) is 43.3 Å². The maximum absolute atomic E-state index is 13.0. The van der Waals surface area contributed by atoms with Crippen molar-refractivity contribution in [1.82, 2.24) is 14.5 Å². The molecule has 1 atom stereocenters. The van der Waals surface area contributed by atoms with Gasteiger partial charge in [0, 0.05) is 17.7 Å². The van der Waals surface area contributed by atoms with Gasteiger partial charge in [0.15, 0.2) is 5.16 Å². The minimum Gasteiger partial charge on any atom is -0.376 e. The van der Waals surface area contributed by atoms with Gasteiger partial charge in [0.2, 0.25) is 0 Å². The smallest absolute Gasteiger partial charge is 0.262 e. The summed E-state index contributed by atoms with van der Waals surface area (Å²) in [6.45, 7) is 3.34. The molecule has 0 bridgehead atoms. The fourth-order valence-electron chi connectivity index (χ4n) is 3.02. The van der Waals surface area contributed by atoms with Gasteiger partial charge in [-0.25, -0.2) is 9.97 Å². The van der Waals surface area contributed by atoms with E-state index >= 15 is 0 Å². The molecule has 1 aliphatic heterocycles. The quantitative estimate of drug-likeness (QED) is 0.505. The van der Waals surface area contributed by atoms with E-state index in [1.54, 1.807) is 27.7 Å². The number of para-hydroxylation sites is 1. The van der Waals surface area contributed by atoms with E-state index in [9.17, 15) is 4.79 Å². The van der Waals surface area contributed by atoms with Crippen LogP contribution in [0.3, 0.4) is 0 Å². The van der Waals surface area contributed by atoms with Crippen LogP contribution in [0.2, 0.25) is 0 Å². The van der Waals surface area contributed by atoms with E-state index in [4.69, 9.17) is 9.72 Å². The summed E-state index contributed by atoms with van der Waals surface area (Å²) < 4.78 is 7.52. The highest BCUT2D eigenvalue weighted by Crippen LogP contribution is 2.24. The van der Waals surface area contributed by atoms with Crippen LogP contribution in [-0.4, -0.2) is 27.2 Å². The van der Waals surface area contributed by atoms with Crippen molar-refractivity contribution >= 4 is 34.0 Å². The number of ether oxygens (including phenoxy) is 1. The lowest BCUT2D eigenvalue weighted by molar-refractivity contribution is 0.0937. The molecule has 1 aliphatic rings. The number of thiazole rings is 1. The van der Waals surface area contributed by atoms with Gasteiger partial charge in [-0.15, -0.1) is 11.3 Å². The second kappa shape index (κ2) is 7.27. The SMILES string of the molecule is Cc1nc(CSc2nc3ccccc3c(=O)n2CC2CCCO2)cs1. The first-order valence-corrected chi connectivity index (χ1v) is 10.2. The Kier molecular flexibility index (Phi) is 4.87. The molecule has 1 saturated heterocycles. The van der Waals surface area contributed by atoms with E-state index < -0.39 is 0 Å². The van der Waals surface area contributed by atoms with Gasteiger partial charge in [-0.05, 0) is 31.9 Å². The maximum atomic E-state index is 13.0. The molecule has 7 heteroatoms. The highest BCUT2D eigenvalue weighted by molar-refractivity contribution is 7.98. The lowest BCUT2D eigenvalue weighted by atomic mass is 10.2. The summed E-state index contributed by atoms with van der Waals surface area (Å²) in [5.41, 5.74) is 1.78. The summed E-state index contributed by atoms with van der Waals surface area (Å²) in [7, 11) is 0. The zero-order valence-corrected chi connectivity index (χ0v) is 15.6. The highest BCUT2D eigenvalue weighted by atomic mass is 32.2. The Balaban J connectivity index is 1.70. The van der Waals surface area contributed by atoms with E-state index in [2.05, 4.69) is 10.4 Å². The van der Waals surface area contributed by atoms with Crippen molar-refractivity contribution in [3.05, 3.63) is 50.7 Å². The maximum Gasteiger partial charge on any atom is 0.262 e. The van der Waals surface area contributed by atoms with Crippen LogP contribution in [0.5, 0.6) is 0 Å². The van der Waals surface area contributed by atoms with Crippen LogP contribution in [0.4, 0.5) is 0 Å². The van der Waals surface area contributed by atoms with Gasteiger partial charge in [0.1, 0.15) is 0 Å². The van der Waals surface area contributed by atoms with Gasteiger partial charge in [0.25, 0.3) is 5.56 Å². The van der Waals surface area contributed by atoms with Crippen molar-refractivity contribution in [2.75, 3.05) is 6.61 Å². The number of nitrogens with zero attached hydrogens (tertiary/aromatic N) is 3. The second-order valence-electron chi connectivity index (χ2n) is 6.11. The lowest BCUT2D eigenvalue weighted by Crippen LogP contribution is -2.28. The van der Waals surface area contributed by atoms with E-state index in [-0.39, 0.29) is 11.7 Å². The van der Waals surface area contributed by atoms with Gasteiger partial charge in [-0.1, -0.05) is 23.9 Å². The third-order valence-electron chi connectivity index (χ3n) is 4.25. The normalized spacial score (nSPS) is 17.4. The van der Waals surface area contributed by atoms with Gasteiger partial charge >= 0.3 is 0 Å². The van der Waals surface area contributed by atoms with Gasteiger partial charge < -0.3 is 4.74 Å². The van der Waals surface area contributed by atoms with E-state index in [0.29, 0.717) is 17.7 Å². The number of aryl methyl sites for hydroxylation is 1. The molecule has 2 aromatic heterocycles. The molecular formula is C18H19N3O2S2. The van der Waals surface area contributed by atoms with Crippen LogP contribution in [0.1, 0.15) is 23.5 Å². The van der Waals surface area contributed by atoms with Gasteiger partial charge in [-0.2, -0.15) is 0 Å². The predicted octanol–water partition coefficient (Wildman–Crippen LogP) is 3.63. The largest absolute Gasteiger partial charge is 0.376 e. The number of rotatable bonds is 5. The first-order chi connectivity index (χ1) is 12.2. The highest BCUT2D eigenvalue weighted by Gasteiger charge is 2.20. The number of thioether (sulfide) groups is 1. The summed E-state index contributed by atoms with van der Waals surface area (Å²) in [5, 5.41) is 4.52. The van der Waals surface area contributed by atoms with E-state index in [0.717, 1.165) is 40.8 Å². The summed E-state index contributed by atoms with van der Waals surface area (Å²) in [5.74, 6) is 0.709. The molecule has 0 aliphatic carbocycles. The van der Waals surface area contributed by atoms with Crippen LogP contribution in [0.25, 0.3) is 10.9 Å². The average Bonchev–Trinajstić information content (AvgIpc) is 3.27. The van der Waals surface area contributed by atoms with E-state index in [1.165, 1.54) is 0 Å². The second-order valence-corrected chi connectivity index (χ2v) is 8.11. The molecule has 4 rings (SSSR count). The standard InChI is InChI=1S/C18H19N3O2S2/c1-12-19-13(10-24-12)11-25-18-20-16-7-3-2-6-15(16)17(22)21(18)9-14-5-4-8-23-14/h2-3,6-7,10,14H,4-5,8-9,11H2,1H3. The van der Waals surface area contributed by atoms with Crippen molar-refractivity contribution < 1.29 is 4.74 Å². The summed E-state index contributed by atoms with van der Waals surface area (Å²) in [6, 6.07) is 7.53. The molecule has 0 saturated carbocycles. The molecule has 1 aromatic carbocycles. The monoisotopic (exact) mass is 373 g/mol. The minimum absolute atomic E-state index is 0.0121. The third kappa shape index (κ3) is 3.63. The number of hydrogen-bond acceptors (Lipinski definition) is 6. The third-order valence-corrected chi connectivity index (χ3v) is 6.08. The number of aromatic nitrogens is 3. The molecule has 0 spiro atoms. The molecule has 0 amide bonds. The van der Waals surface area contributed by atoms with Gasteiger partial charge in [0.05, 0.1) is 34.3 Å². The molecule has 130 valence electrons. The Hall–Kier alpha value is -1.70. The van der Waals surface area contributed by atoms with Crippen molar-refractivity contribution in [3.8, 4) is 0 Å². The number of fused-ring (bicyclic) bond motifs is 1. The minimum atomic E-state index is 0.0121. The summed E-state index contributed by atoms with van der Waals surface area (Å²) >= 11 is 3.21. The van der Waals surface area contributed by atoms with Crippen LogP contribution in [0, 0.1) is 6.92 Å².